The van der Waals surface area contributed by atoms with Crippen LogP contribution in [0, 0.1) is 27.7 Å². The quantitative estimate of drug-likeness (QED) is 0.708. The third-order valence-corrected chi connectivity index (χ3v) is 6.71. The van der Waals surface area contributed by atoms with Crippen LogP contribution in [0.4, 0.5) is 11.4 Å². The Labute approximate surface area is 163 Å². The van der Waals surface area contributed by atoms with Gasteiger partial charge in [0.25, 0.3) is 10.0 Å². The third kappa shape index (κ3) is 4.57. The number of sulfonamides is 2. The predicted octanol–water partition coefficient (Wildman–Crippen LogP) is 3.86. The molecule has 0 radical (unpaired) electrons. The number of rotatable bonds is 5. The summed E-state index contributed by atoms with van der Waals surface area (Å²) in [5.74, 6) is 0. The second-order valence-electron chi connectivity index (χ2n) is 6.30. The normalized spacial score (nSPS) is 12.1. The molecule has 0 aliphatic carbocycles. The third-order valence-electron chi connectivity index (χ3n) is 3.83. The zero-order chi connectivity index (χ0) is 19.9. The van der Waals surface area contributed by atoms with Crippen molar-refractivity contribution in [1.29, 1.82) is 0 Å². The van der Waals surface area contributed by atoms with Gasteiger partial charge in [-0.3, -0.25) is 9.44 Å². The Kier molecular flexibility index (Phi) is 5.74. The van der Waals surface area contributed by atoms with Crippen molar-refractivity contribution >= 4 is 47.4 Å². The fraction of sp³-hybridized carbons (Fsp3) is 0.294. The summed E-state index contributed by atoms with van der Waals surface area (Å²) in [5, 5.41) is 0. The standard InChI is InChI=1S/C17H21BrN2O4S2/c1-10-6-7-15(14(18)8-10)19-26(23,24)17-12(3)9-11(2)16(13(17)4)20-25(5,21)22/h6-9,19-20H,1-5H3. The summed E-state index contributed by atoms with van der Waals surface area (Å²) in [6, 6.07) is 6.93. The lowest BCUT2D eigenvalue weighted by Crippen LogP contribution is -2.19. The van der Waals surface area contributed by atoms with Gasteiger partial charge in [-0.05, 0) is 78.0 Å². The molecule has 0 saturated carbocycles. The number of hydrogen-bond donors (Lipinski definition) is 2. The maximum atomic E-state index is 13.0. The van der Waals surface area contributed by atoms with Crippen LogP contribution in [0.5, 0.6) is 0 Å². The van der Waals surface area contributed by atoms with E-state index in [1.807, 2.05) is 13.0 Å². The second-order valence-corrected chi connectivity index (χ2v) is 10.5. The van der Waals surface area contributed by atoms with E-state index in [0.717, 1.165) is 11.8 Å². The molecule has 2 aromatic rings. The highest BCUT2D eigenvalue weighted by molar-refractivity contribution is 9.10. The topological polar surface area (TPSA) is 92.3 Å². The van der Waals surface area contributed by atoms with Crippen molar-refractivity contribution in [2.24, 2.45) is 0 Å². The fourth-order valence-corrected chi connectivity index (χ4v) is 5.79. The van der Waals surface area contributed by atoms with Gasteiger partial charge in [0.1, 0.15) is 0 Å². The Morgan fingerprint density at radius 1 is 0.885 bits per heavy atom. The van der Waals surface area contributed by atoms with Gasteiger partial charge in [0.05, 0.1) is 22.5 Å². The van der Waals surface area contributed by atoms with Crippen LogP contribution in [0.3, 0.4) is 0 Å². The van der Waals surface area contributed by atoms with Crippen LogP contribution in [-0.2, 0) is 20.0 Å². The summed E-state index contributed by atoms with van der Waals surface area (Å²) in [6.07, 6.45) is 1.03. The highest BCUT2D eigenvalue weighted by Crippen LogP contribution is 2.33. The van der Waals surface area contributed by atoms with Crippen molar-refractivity contribution in [3.8, 4) is 0 Å². The molecule has 0 spiro atoms. The van der Waals surface area contributed by atoms with Gasteiger partial charge in [-0.15, -0.1) is 0 Å². The fourth-order valence-electron chi connectivity index (χ4n) is 2.82. The molecule has 0 atom stereocenters. The van der Waals surface area contributed by atoms with Gasteiger partial charge in [0.15, 0.2) is 0 Å². The molecule has 2 rings (SSSR count). The molecular formula is C17H21BrN2O4S2. The molecule has 0 fully saturated rings. The van der Waals surface area contributed by atoms with Crippen molar-refractivity contribution in [1.82, 2.24) is 0 Å². The zero-order valence-corrected chi connectivity index (χ0v) is 18.4. The van der Waals surface area contributed by atoms with Gasteiger partial charge < -0.3 is 0 Å². The largest absolute Gasteiger partial charge is 0.283 e. The molecule has 0 heterocycles. The van der Waals surface area contributed by atoms with Crippen LogP contribution in [0.25, 0.3) is 0 Å². The average molecular weight is 461 g/mol. The number of hydrogen-bond acceptors (Lipinski definition) is 4. The summed E-state index contributed by atoms with van der Waals surface area (Å²) >= 11 is 3.36. The van der Waals surface area contributed by atoms with E-state index >= 15 is 0 Å². The minimum Gasteiger partial charge on any atom is -0.283 e. The highest BCUT2D eigenvalue weighted by Gasteiger charge is 2.24. The van der Waals surface area contributed by atoms with Crippen molar-refractivity contribution in [3.63, 3.8) is 0 Å². The van der Waals surface area contributed by atoms with Crippen molar-refractivity contribution in [3.05, 3.63) is 51.0 Å². The Morgan fingerprint density at radius 3 is 2.04 bits per heavy atom. The van der Waals surface area contributed by atoms with Crippen LogP contribution in [0.2, 0.25) is 0 Å². The molecule has 2 N–H and O–H groups in total. The number of nitrogens with one attached hydrogen (secondary N) is 2. The van der Waals surface area contributed by atoms with E-state index in [9.17, 15) is 16.8 Å². The van der Waals surface area contributed by atoms with Gasteiger partial charge >= 0.3 is 0 Å². The van der Waals surface area contributed by atoms with Crippen LogP contribution >= 0.6 is 15.9 Å². The first-order valence-electron chi connectivity index (χ1n) is 7.69. The van der Waals surface area contributed by atoms with Crippen LogP contribution in [0.1, 0.15) is 22.3 Å². The molecular weight excluding hydrogens is 440 g/mol. The summed E-state index contributed by atoms with van der Waals surface area (Å²) in [4.78, 5) is 0.0572. The molecule has 2 aromatic carbocycles. The Hall–Kier alpha value is -1.58. The number of halogens is 1. The number of benzene rings is 2. The predicted molar refractivity (Wildman–Crippen MR) is 109 cm³/mol. The lowest BCUT2D eigenvalue weighted by atomic mass is 10.1. The van der Waals surface area contributed by atoms with Crippen molar-refractivity contribution in [2.75, 3.05) is 15.7 Å². The van der Waals surface area contributed by atoms with Gasteiger partial charge in [0, 0.05) is 4.47 Å². The molecule has 0 amide bonds. The van der Waals surface area contributed by atoms with Crippen LogP contribution in [-0.4, -0.2) is 23.1 Å². The van der Waals surface area contributed by atoms with E-state index in [1.54, 1.807) is 39.0 Å². The summed E-state index contributed by atoms with van der Waals surface area (Å²) in [6.45, 7) is 6.91. The Morgan fingerprint density at radius 2 is 1.50 bits per heavy atom. The van der Waals surface area contributed by atoms with E-state index in [2.05, 4.69) is 25.4 Å². The molecule has 0 saturated heterocycles. The first-order chi connectivity index (χ1) is 11.8. The average Bonchev–Trinajstić information content (AvgIpc) is 2.45. The molecule has 0 aliphatic rings. The van der Waals surface area contributed by atoms with Crippen LogP contribution in [0.15, 0.2) is 33.6 Å². The monoisotopic (exact) mass is 460 g/mol. The second kappa shape index (κ2) is 7.21. The minimum absolute atomic E-state index is 0.0572. The van der Waals surface area contributed by atoms with E-state index < -0.39 is 20.0 Å². The molecule has 6 nitrogen and oxygen atoms in total. The first kappa shape index (κ1) is 20.7. The lowest BCUT2D eigenvalue weighted by molar-refractivity contribution is 0.599. The van der Waals surface area contributed by atoms with Gasteiger partial charge in [0.2, 0.25) is 10.0 Å². The molecule has 0 unspecified atom stereocenters. The maximum Gasteiger partial charge on any atom is 0.262 e. The van der Waals surface area contributed by atoms with E-state index in [0.29, 0.717) is 26.9 Å². The van der Waals surface area contributed by atoms with Gasteiger partial charge in [-0.2, -0.15) is 0 Å². The Bertz CT molecular complexity index is 1080. The number of anilines is 2. The molecule has 9 heteroatoms. The SMILES string of the molecule is Cc1ccc(NS(=O)(=O)c2c(C)cc(C)c(NS(C)(=O)=O)c2C)c(Br)c1. The van der Waals surface area contributed by atoms with Crippen molar-refractivity contribution < 1.29 is 16.8 Å². The molecule has 0 aliphatic heterocycles. The van der Waals surface area contributed by atoms with Gasteiger partial charge in [-0.1, -0.05) is 12.1 Å². The van der Waals surface area contributed by atoms with Gasteiger partial charge in [-0.25, -0.2) is 16.8 Å². The minimum atomic E-state index is -3.92. The summed E-state index contributed by atoms with van der Waals surface area (Å²) < 4.78 is 54.9. The molecule has 26 heavy (non-hydrogen) atoms. The lowest BCUT2D eigenvalue weighted by Gasteiger charge is -2.19. The Balaban J connectivity index is 2.60. The van der Waals surface area contributed by atoms with E-state index in [-0.39, 0.29) is 10.6 Å². The maximum absolute atomic E-state index is 13.0. The number of aryl methyl sites for hydroxylation is 3. The smallest absolute Gasteiger partial charge is 0.262 e. The van der Waals surface area contributed by atoms with E-state index in [1.165, 1.54) is 0 Å². The first-order valence-corrected chi connectivity index (χ1v) is 11.9. The molecule has 0 aromatic heterocycles. The zero-order valence-electron chi connectivity index (χ0n) is 15.1. The summed E-state index contributed by atoms with van der Waals surface area (Å²) in [7, 11) is -7.46. The van der Waals surface area contributed by atoms with Crippen LogP contribution < -0.4 is 9.44 Å². The van der Waals surface area contributed by atoms with E-state index in [4.69, 9.17) is 0 Å². The molecule has 142 valence electrons. The van der Waals surface area contributed by atoms with Crippen molar-refractivity contribution in [2.45, 2.75) is 32.6 Å². The highest BCUT2D eigenvalue weighted by atomic mass is 79.9. The molecule has 0 bridgehead atoms. The summed E-state index contributed by atoms with van der Waals surface area (Å²) in [5.41, 5.74) is 3.22.